The van der Waals surface area contributed by atoms with Crippen molar-refractivity contribution in [2.24, 2.45) is 5.92 Å². The molecule has 2 aliphatic heterocycles. The van der Waals surface area contributed by atoms with Gasteiger partial charge in [-0.15, -0.1) is 0 Å². The topological polar surface area (TPSA) is 83.3 Å². The lowest BCUT2D eigenvalue weighted by Gasteiger charge is -2.43. The molecule has 2 aliphatic rings. The fourth-order valence-corrected chi connectivity index (χ4v) is 3.87. The van der Waals surface area contributed by atoms with E-state index < -0.39 is 0 Å². The first-order valence-electron chi connectivity index (χ1n) is 9.79. The Morgan fingerprint density at radius 1 is 0.897 bits per heavy atom. The number of hydrogen-bond acceptors (Lipinski definition) is 7. The summed E-state index contributed by atoms with van der Waals surface area (Å²) in [7, 11) is 0. The number of aromatic nitrogens is 5. The molecule has 0 bridgehead atoms. The molecule has 2 aromatic heterocycles. The average Bonchev–Trinajstić information content (AvgIpc) is 3.29. The molecule has 0 aliphatic carbocycles. The third kappa shape index (κ3) is 3.51. The van der Waals surface area contributed by atoms with E-state index in [0.717, 1.165) is 32.0 Å². The predicted octanol–water partition coefficient (Wildman–Crippen LogP) is 0.842. The van der Waals surface area contributed by atoms with Gasteiger partial charge in [-0.3, -0.25) is 4.79 Å². The molecule has 0 atom stereocenters. The van der Waals surface area contributed by atoms with Gasteiger partial charge >= 0.3 is 0 Å². The molecular formula is C20H22N8O. The van der Waals surface area contributed by atoms with E-state index >= 15 is 0 Å². The van der Waals surface area contributed by atoms with E-state index in [0.29, 0.717) is 18.9 Å². The Kier molecular flexibility index (Phi) is 4.55. The maximum atomic E-state index is 12.9. The first kappa shape index (κ1) is 17.6. The van der Waals surface area contributed by atoms with Crippen molar-refractivity contribution in [1.82, 2.24) is 29.6 Å². The van der Waals surface area contributed by atoms with Crippen molar-refractivity contribution >= 4 is 17.4 Å². The first-order chi connectivity index (χ1) is 14.3. The van der Waals surface area contributed by atoms with E-state index in [9.17, 15) is 4.79 Å². The quantitative estimate of drug-likeness (QED) is 0.653. The molecule has 29 heavy (non-hydrogen) atoms. The number of benzene rings is 1. The van der Waals surface area contributed by atoms with E-state index in [1.165, 1.54) is 18.3 Å². The monoisotopic (exact) mass is 390 g/mol. The number of para-hydroxylation sites is 1. The van der Waals surface area contributed by atoms with Crippen molar-refractivity contribution in [2.45, 2.75) is 0 Å². The van der Waals surface area contributed by atoms with Crippen LogP contribution in [0.4, 0.5) is 11.5 Å². The van der Waals surface area contributed by atoms with Gasteiger partial charge in [0, 0.05) is 51.0 Å². The Balaban J connectivity index is 1.16. The van der Waals surface area contributed by atoms with E-state index in [4.69, 9.17) is 0 Å². The Morgan fingerprint density at radius 3 is 2.38 bits per heavy atom. The average molecular weight is 390 g/mol. The van der Waals surface area contributed by atoms with Crippen LogP contribution in [-0.2, 0) is 4.79 Å². The van der Waals surface area contributed by atoms with Crippen molar-refractivity contribution in [3.8, 4) is 5.82 Å². The number of carbonyl (C=O) groups is 1. The van der Waals surface area contributed by atoms with Gasteiger partial charge in [0.1, 0.15) is 24.8 Å². The van der Waals surface area contributed by atoms with Gasteiger partial charge in [-0.1, -0.05) is 18.2 Å². The normalized spacial score (nSPS) is 17.3. The fourth-order valence-electron chi connectivity index (χ4n) is 3.87. The van der Waals surface area contributed by atoms with Crippen LogP contribution in [0.15, 0.2) is 55.4 Å². The predicted molar refractivity (Wildman–Crippen MR) is 108 cm³/mol. The van der Waals surface area contributed by atoms with Crippen molar-refractivity contribution < 1.29 is 4.79 Å². The van der Waals surface area contributed by atoms with Gasteiger partial charge in [0.25, 0.3) is 0 Å². The molecule has 3 aromatic rings. The lowest BCUT2D eigenvalue weighted by molar-refractivity contribution is -0.136. The van der Waals surface area contributed by atoms with E-state index in [1.54, 1.807) is 11.0 Å². The largest absolute Gasteiger partial charge is 0.368 e. The van der Waals surface area contributed by atoms with Gasteiger partial charge in [-0.2, -0.15) is 5.10 Å². The minimum Gasteiger partial charge on any atom is -0.368 e. The maximum absolute atomic E-state index is 12.9. The lowest BCUT2D eigenvalue weighted by Crippen LogP contribution is -2.58. The molecule has 0 N–H and O–H groups in total. The van der Waals surface area contributed by atoms with Gasteiger partial charge < -0.3 is 14.7 Å². The zero-order valence-corrected chi connectivity index (χ0v) is 16.0. The van der Waals surface area contributed by atoms with Crippen molar-refractivity contribution in [3.63, 3.8) is 0 Å². The van der Waals surface area contributed by atoms with E-state index in [2.05, 4.69) is 54.1 Å². The summed E-state index contributed by atoms with van der Waals surface area (Å²) >= 11 is 0. The highest BCUT2D eigenvalue weighted by molar-refractivity contribution is 5.82. The van der Waals surface area contributed by atoms with Crippen LogP contribution in [0.25, 0.3) is 5.82 Å². The molecule has 9 heteroatoms. The molecule has 0 saturated carbocycles. The third-order valence-corrected chi connectivity index (χ3v) is 5.56. The Labute approximate surface area is 168 Å². The van der Waals surface area contributed by atoms with Crippen LogP contribution in [0.1, 0.15) is 0 Å². The molecular weight excluding hydrogens is 368 g/mol. The molecule has 4 heterocycles. The summed E-state index contributed by atoms with van der Waals surface area (Å²) in [6.45, 7) is 4.66. The first-order valence-corrected chi connectivity index (χ1v) is 9.79. The molecule has 2 saturated heterocycles. The second-order valence-electron chi connectivity index (χ2n) is 7.32. The van der Waals surface area contributed by atoms with Crippen molar-refractivity contribution in [1.29, 1.82) is 0 Å². The van der Waals surface area contributed by atoms with Crippen LogP contribution in [0.2, 0.25) is 0 Å². The Hall–Kier alpha value is -3.49. The van der Waals surface area contributed by atoms with Crippen LogP contribution in [0, 0.1) is 5.92 Å². The summed E-state index contributed by atoms with van der Waals surface area (Å²) in [5, 5.41) is 4.10. The molecule has 0 radical (unpaired) electrons. The molecule has 5 rings (SSSR count). The highest BCUT2D eigenvalue weighted by Gasteiger charge is 2.37. The van der Waals surface area contributed by atoms with Crippen LogP contribution >= 0.6 is 0 Å². The third-order valence-electron chi connectivity index (χ3n) is 5.56. The summed E-state index contributed by atoms with van der Waals surface area (Å²) < 4.78 is 1.60. The molecule has 9 nitrogen and oxygen atoms in total. The Bertz CT molecular complexity index is 963. The Morgan fingerprint density at radius 2 is 1.66 bits per heavy atom. The highest BCUT2D eigenvalue weighted by Crippen LogP contribution is 2.26. The fraction of sp³-hybridized carbons (Fsp3) is 0.350. The number of amides is 1. The number of anilines is 2. The molecule has 2 fully saturated rings. The minimum atomic E-state index is 0.0306. The number of carbonyl (C=O) groups excluding carboxylic acids is 1. The molecule has 0 spiro atoms. The summed E-state index contributed by atoms with van der Waals surface area (Å²) in [5.74, 6) is 1.75. The SMILES string of the molecule is O=C(C1CN(c2cc(-n3cncn3)ncn2)C1)N1CCN(c2ccccc2)CC1. The second-order valence-corrected chi connectivity index (χ2v) is 7.32. The summed E-state index contributed by atoms with van der Waals surface area (Å²) in [4.78, 5) is 31.8. The minimum absolute atomic E-state index is 0.0306. The van der Waals surface area contributed by atoms with Gasteiger partial charge in [-0.25, -0.2) is 19.6 Å². The van der Waals surface area contributed by atoms with Crippen LogP contribution in [0.3, 0.4) is 0 Å². The molecule has 1 amide bonds. The van der Waals surface area contributed by atoms with Crippen LogP contribution in [-0.4, -0.2) is 74.8 Å². The van der Waals surface area contributed by atoms with Gasteiger partial charge in [0.05, 0.1) is 5.92 Å². The summed E-state index contributed by atoms with van der Waals surface area (Å²) in [6.07, 6.45) is 4.59. The summed E-state index contributed by atoms with van der Waals surface area (Å²) in [6, 6.07) is 12.2. The smallest absolute Gasteiger partial charge is 0.229 e. The number of piperazine rings is 1. The summed E-state index contributed by atoms with van der Waals surface area (Å²) in [5.41, 5.74) is 1.22. The highest BCUT2D eigenvalue weighted by atomic mass is 16.2. The second kappa shape index (κ2) is 7.50. The van der Waals surface area contributed by atoms with Gasteiger partial charge in [0.15, 0.2) is 5.82 Å². The van der Waals surface area contributed by atoms with Gasteiger partial charge in [-0.05, 0) is 12.1 Å². The number of rotatable bonds is 4. The lowest BCUT2D eigenvalue weighted by atomic mass is 9.98. The molecule has 1 aromatic carbocycles. The van der Waals surface area contributed by atoms with Crippen molar-refractivity contribution in [2.75, 3.05) is 49.1 Å². The maximum Gasteiger partial charge on any atom is 0.229 e. The molecule has 148 valence electrons. The molecule has 0 unspecified atom stereocenters. The van der Waals surface area contributed by atoms with Gasteiger partial charge in [0.2, 0.25) is 5.91 Å². The van der Waals surface area contributed by atoms with Crippen LogP contribution < -0.4 is 9.80 Å². The zero-order chi connectivity index (χ0) is 19.6. The van der Waals surface area contributed by atoms with E-state index in [-0.39, 0.29) is 11.8 Å². The standard InChI is InChI=1S/C20H22N8O/c29-20(26-8-6-25(7-9-26)17-4-2-1-3-5-17)16-11-27(12-16)18-10-19(23-14-22-18)28-15-21-13-24-28/h1-5,10,13-16H,6-9,11-12H2. The van der Waals surface area contributed by atoms with Crippen molar-refractivity contribution in [3.05, 3.63) is 55.4 Å². The van der Waals surface area contributed by atoms with Crippen LogP contribution in [0.5, 0.6) is 0 Å². The zero-order valence-electron chi connectivity index (χ0n) is 16.0. The number of hydrogen-bond donors (Lipinski definition) is 0. The number of nitrogens with zero attached hydrogens (tertiary/aromatic N) is 8. The van der Waals surface area contributed by atoms with E-state index in [1.807, 2.05) is 17.0 Å².